The lowest BCUT2D eigenvalue weighted by Gasteiger charge is -2.16. The van der Waals surface area contributed by atoms with Crippen molar-refractivity contribution < 1.29 is 35.1 Å². The average Bonchev–Trinajstić information content (AvgIpc) is 2.23. The Morgan fingerprint density at radius 3 is 1.73 bits per heavy atom. The van der Waals surface area contributed by atoms with Gasteiger partial charge in [-0.3, -0.25) is 9.59 Å². The molecule has 2 unspecified atom stereocenters. The first kappa shape index (κ1) is 14.1. The molecule has 0 spiro atoms. The van der Waals surface area contributed by atoms with E-state index in [1.165, 1.54) is 0 Å². The van der Waals surface area contributed by atoms with Gasteiger partial charge in [0, 0.05) is 0 Å². The van der Waals surface area contributed by atoms with Crippen molar-refractivity contribution in [2.45, 2.75) is 31.3 Å². The standard InChI is InChI=1S/C8H14O7/c1-3(10)5(12)7(14)8(15)6(13)4(11)2-9/h3-6,9-13H,2H2,1H3/t3?,4-,5?,6-/m1/s1. The van der Waals surface area contributed by atoms with Gasteiger partial charge in [-0.15, -0.1) is 0 Å². The van der Waals surface area contributed by atoms with Crippen LogP contribution < -0.4 is 0 Å². The molecule has 0 aromatic carbocycles. The Hall–Kier alpha value is -0.860. The van der Waals surface area contributed by atoms with Gasteiger partial charge in [-0.05, 0) is 6.92 Å². The van der Waals surface area contributed by atoms with Gasteiger partial charge in [-0.1, -0.05) is 0 Å². The highest BCUT2D eigenvalue weighted by molar-refractivity contribution is 6.40. The molecule has 0 rings (SSSR count). The van der Waals surface area contributed by atoms with Crippen molar-refractivity contribution in [3.8, 4) is 0 Å². The lowest BCUT2D eigenvalue weighted by Crippen LogP contribution is -2.46. The molecular formula is C8H14O7. The van der Waals surface area contributed by atoms with E-state index in [2.05, 4.69) is 0 Å². The summed E-state index contributed by atoms with van der Waals surface area (Å²) in [4.78, 5) is 22.1. The second-order valence-electron chi connectivity index (χ2n) is 3.11. The highest BCUT2D eigenvalue weighted by Crippen LogP contribution is 2.01. The monoisotopic (exact) mass is 222 g/mol. The predicted octanol–water partition coefficient (Wildman–Crippen LogP) is -3.42. The molecule has 0 aliphatic heterocycles. The van der Waals surface area contributed by atoms with Crippen molar-refractivity contribution in [2.24, 2.45) is 0 Å². The van der Waals surface area contributed by atoms with Crippen molar-refractivity contribution in [3.05, 3.63) is 0 Å². The Balaban J connectivity index is 4.51. The Morgan fingerprint density at radius 2 is 1.40 bits per heavy atom. The van der Waals surface area contributed by atoms with Gasteiger partial charge in [-0.2, -0.15) is 0 Å². The number of Topliss-reactive ketones (excluding diaryl/α,β-unsaturated/α-hetero) is 2. The molecule has 15 heavy (non-hydrogen) atoms. The first-order valence-corrected chi connectivity index (χ1v) is 4.24. The van der Waals surface area contributed by atoms with Gasteiger partial charge in [0.25, 0.3) is 0 Å². The van der Waals surface area contributed by atoms with Crippen LogP contribution in [0.2, 0.25) is 0 Å². The molecule has 88 valence electrons. The molecule has 0 aliphatic rings. The summed E-state index contributed by atoms with van der Waals surface area (Å²) >= 11 is 0. The second-order valence-corrected chi connectivity index (χ2v) is 3.11. The predicted molar refractivity (Wildman–Crippen MR) is 46.8 cm³/mol. The molecule has 0 aromatic rings. The quantitative estimate of drug-likeness (QED) is 0.295. The average molecular weight is 222 g/mol. The number of aliphatic hydroxyl groups excluding tert-OH is 5. The van der Waals surface area contributed by atoms with E-state index in [0.29, 0.717) is 0 Å². The summed E-state index contributed by atoms with van der Waals surface area (Å²) in [6, 6.07) is 0. The first-order chi connectivity index (χ1) is 6.82. The number of ketones is 2. The minimum Gasteiger partial charge on any atom is -0.394 e. The van der Waals surface area contributed by atoms with Crippen molar-refractivity contribution in [1.82, 2.24) is 0 Å². The number of hydrogen-bond acceptors (Lipinski definition) is 7. The van der Waals surface area contributed by atoms with Gasteiger partial charge in [0.15, 0.2) is 0 Å². The SMILES string of the molecule is CC(O)C(O)C(=O)C(=O)[C@H](O)[C@H](O)CO. The van der Waals surface area contributed by atoms with Crippen LogP contribution in [0, 0.1) is 0 Å². The van der Waals surface area contributed by atoms with E-state index in [1.807, 2.05) is 0 Å². The lowest BCUT2D eigenvalue weighted by molar-refractivity contribution is -0.153. The summed E-state index contributed by atoms with van der Waals surface area (Å²) in [5.74, 6) is -2.87. The maximum Gasteiger partial charge on any atom is 0.232 e. The molecule has 0 aromatic heterocycles. The van der Waals surface area contributed by atoms with E-state index in [-0.39, 0.29) is 0 Å². The molecule has 0 saturated heterocycles. The number of carbonyl (C=O) groups is 2. The van der Waals surface area contributed by atoms with Gasteiger partial charge in [0.2, 0.25) is 11.6 Å². The van der Waals surface area contributed by atoms with Crippen molar-refractivity contribution in [2.75, 3.05) is 6.61 Å². The molecule has 0 amide bonds. The van der Waals surface area contributed by atoms with Crippen molar-refractivity contribution in [3.63, 3.8) is 0 Å². The minimum atomic E-state index is -2.10. The lowest BCUT2D eigenvalue weighted by atomic mass is 10.0. The van der Waals surface area contributed by atoms with Crippen LogP contribution in [-0.4, -0.2) is 68.1 Å². The Kier molecular flexibility index (Phi) is 5.55. The molecule has 0 saturated carbocycles. The van der Waals surface area contributed by atoms with E-state index >= 15 is 0 Å². The topological polar surface area (TPSA) is 135 Å². The van der Waals surface area contributed by atoms with Crippen LogP contribution in [0.25, 0.3) is 0 Å². The van der Waals surface area contributed by atoms with E-state index in [9.17, 15) is 9.59 Å². The van der Waals surface area contributed by atoms with E-state index in [4.69, 9.17) is 25.5 Å². The highest BCUT2D eigenvalue weighted by Gasteiger charge is 2.34. The van der Waals surface area contributed by atoms with Crippen LogP contribution in [0.1, 0.15) is 6.92 Å². The minimum absolute atomic E-state index is 0.898. The smallest absolute Gasteiger partial charge is 0.232 e. The molecule has 5 N–H and O–H groups in total. The van der Waals surface area contributed by atoms with Gasteiger partial charge in [-0.25, -0.2) is 0 Å². The molecule has 0 fully saturated rings. The fraction of sp³-hybridized carbons (Fsp3) is 0.750. The van der Waals surface area contributed by atoms with Crippen LogP contribution in [0.15, 0.2) is 0 Å². The zero-order valence-corrected chi connectivity index (χ0v) is 8.07. The Bertz CT molecular complexity index is 237. The van der Waals surface area contributed by atoms with Gasteiger partial charge in [0.1, 0.15) is 18.3 Å². The van der Waals surface area contributed by atoms with Crippen LogP contribution in [-0.2, 0) is 9.59 Å². The Morgan fingerprint density at radius 1 is 1.00 bits per heavy atom. The third kappa shape index (κ3) is 3.65. The third-order valence-corrected chi connectivity index (χ3v) is 1.79. The molecule has 0 aliphatic carbocycles. The molecule has 7 heteroatoms. The highest BCUT2D eigenvalue weighted by atomic mass is 16.4. The van der Waals surface area contributed by atoms with Crippen LogP contribution in [0.3, 0.4) is 0 Å². The number of rotatable bonds is 6. The maximum absolute atomic E-state index is 11.0. The van der Waals surface area contributed by atoms with Crippen LogP contribution >= 0.6 is 0 Å². The molecule has 0 radical (unpaired) electrons. The molecule has 4 atom stereocenters. The van der Waals surface area contributed by atoms with Gasteiger partial charge in [0.05, 0.1) is 12.7 Å². The third-order valence-electron chi connectivity index (χ3n) is 1.79. The molecule has 0 heterocycles. The van der Waals surface area contributed by atoms with E-state index in [1.54, 1.807) is 0 Å². The summed E-state index contributed by atoms with van der Waals surface area (Å²) in [5.41, 5.74) is 0. The first-order valence-electron chi connectivity index (χ1n) is 4.24. The van der Waals surface area contributed by atoms with E-state index in [0.717, 1.165) is 6.92 Å². The van der Waals surface area contributed by atoms with Crippen LogP contribution in [0.4, 0.5) is 0 Å². The van der Waals surface area contributed by atoms with Gasteiger partial charge < -0.3 is 25.5 Å². The fourth-order valence-electron chi connectivity index (χ4n) is 0.785. The largest absolute Gasteiger partial charge is 0.394 e. The van der Waals surface area contributed by atoms with Crippen molar-refractivity contribution >= 4 is 11.6 Å². The van der Waals surface area contributed by atoms with Crippen LogP contribution in [0.5, 0.6) is 0 Å². The molecule has 7 nitrogen and oxygen atoms in total. The second kappa shape index (κ2) is 5.89. The summed E-state index contributed by atoms with van der Waals surface area (Å²) in [7, 11) is 0. The Labute approximate surface area is 85.6 Å². The molecule has 0 bridgehead atoms. The number of aliphatic hydroxyl groups is 5. The summed E-state index contributed by atoms with van der Waals surface area (Å²) in [6.07, 6.45) is -7.29. The summed E-state index contributed by atoms with van der Waals surface area (Å²) in [5, 5.41) is 44.1. The zero-order chi connectivity index (χ0) is 12.2. The normalized spacial score (nSPS) is 19.1. The van der Waals surface area contributed by atoms with E-state index < -0.39 is 42.6 Å². The van der Waals surface area contributed by atoms with Gasteiger partial charge >= 0.3 is 0 Å². The fourth-order valence-corrected chi connectivity index (χ4v) is 0.785. The zero-order valence-electron chi connectivity index (χ0n) is 8.07. The number of carbonyl (C=O) groups excluding carboxylic acids is 2. The van der Waals surface area contributed by atoms with Crippen molar-refractivity contribution in [1.29, 1.82) is 0 Å². The summed E-state index contributed by atoms with van der Waals surface area (Å²) in [6.45, 7) is 0.190. The molecular weight excluding hydrogens is 208 g/mol. The maximum atomic E-state index is 11.0. The summed E-state index contributed by atoms with van der Waals surface area (Å²) < 4.78 is 0. The number of hydrogen-bond donors (Lipinski definition) is 5.